The van der Waals surface area contributed by atoms with Crippen molar-refractivity contribution in [3.05, 3.63) is 30.3 Å². The van der Waals surface area contributed by atoms with Crippen molar-refractivity contribution in [2.45, 2.75) is 0 Å². The molecule has 1 aromatic carbocycles. The van der Waals surface area contributed by atoms with Gasteiger partial charge >= 0.3 is 75.3 Å². The van der Waals surface area contributed by atoms with E-state index in [9.17, 15) is 0 Å². The first kappa shape index (κ1) is 12.6. The van der Waals surface area contributed by atoms with E-state index in [1.54, 1.807) is 4.46 Å². The molecule has 1 rings (SSSR count). The third-order valence-electron chi connectivity index (χ3n) is 1.12. The summed E-state index contributed by atoms with van der Waals surface area (Å²) in [6.07, 6.45) is 0. The van der Waals surface area contributed by atoms with Crippen LogP contribution >= 0.6 is 5.95 Å². The average molecular weight is 312 g/mol. The smallest absolute Gasteiger partial charge is 1.00 e. The predicted octanol–water partition coefficient (Wildman–Crippen LogP) is -1.16. The van der Waals surface area contributed by atoms with Crippen molar-refractivity contribution < 1.29 is 17.0 Å². The molecule has 0 N–H and O–H groups in total. The zero-order chi connectivity index (χ0) is 8.32. The molecule has 0 fully saturated rings. The van der Waals surface area contributed by atoms with Gasteiger partial charge in [0.2, 0.25) is 0 Å². The number of benzene rings is 1. The first-order chi connectivity index (χ1) is 5.08. The molecule has 0 nitrogen and oxygen atoms in total. The van der Waals surface area contributed by atoms with Crippen LogP contribution in [0.2, 0.25) is 0 Å². The van der Waals surface area contributed by atoms with Gasteiger partial charge in [0.25, 0.3) is 0 Å². The van der Waals surface area contributed by atoms with Gasteiger partial charge in [-0.15, -0.1) is 0 Å². The third kappa shape index (κ3) is 5.32. The molecule has 0 bridgehead atoms. The molecule has 0 amide bonds. The summed E-state index contributed by atoms with van der Waals surface area (Å²) >= 11 is 0.717. The van der Waals surface area contributed by atoms with E-state index < -0.39 is 5.95 Å². The molecule has 0 saturated carbocycles. The van der Waals surface area contributed by atoms with Crippen LogP contribution in [0.4, 0.5) is 0 Å². The van der Waals surface area contributed by atoms with Crippen LogP contribution in [0, 0.1) is 0 Å². The van der Waals surface area contributed by atoms with E-state index in [4.69, 9.17) is 0 Å². The summed E-state index contributed by atoms with van der Waals surface area (Å²) in [4.78, 5) is 0. The maximum atomic E-state index is 2.40. The minimum Gasteiger partial charge on any atom is -1.00 e. The van der Waals surface area contributed by atoms with Gasteiger partial charge in [0.05, 0.1) is 0 Å². The minimum absolute atomic E-state index is 0. The Morgan fingerprint density at radius 3 is 1.92 bits per heavy atom. The molecule has 0 unspecified atom stereocenters. The van der Waals surface area contributed by atoms with Crippen molar-refractivity contribution in [1.29, 1.82) is 0 Å². The number of hydrogen-bond acceptors (Lipinski definition) is 0. The standard InChI is InChI=1S/C9H14PSe.BrH/c1-10(2,3)11-9-7-5-4-6-8-9;/h4-8H,1-3H3;1H/q+1;/p-1. The number of rotatable bonds is 2. The molecular formula is C9H14BrPSe. The maximum Gasteiger partial charge on any atom is -1.00 e. The van der Waals surface area contributed by atoms with Crippen molar-refractivity contribution in [3.63, 3.8) is 0 Å². The second kappa shape index (κ2) is 5.39. The van der Waals surface area contributed by atoms with Gasteiger partial charge in [-0.1, -0.05) is 0 Å². The first-order valence-corrected chi connectivity index (χ1v) is 9.84. The van der Waals surface area contributed by atoms with E-state index in [1.807, 2.05) is 0 Å². The molecule has 0 atom stereocenters. The molecule has 1 aromatic rings. The molecule has 0 aliphatic carbocycles. The van der Waals surface area contributed by atoms with Crippen molar-refractivity contribution in [2.75, 3.05) is 20.0 Å². The average Bonchev–Trinajstić information content (AvgIpc) is 1.85. The van der Waals surface area contributed by atoms with Crippen LogP contribution in [-0.2, 0) is 0 Å². The Morgan fingerprint density at radius 1 is 1.00 bits per heavy atom. The van der Waals surface area contributed by atoms with Gasteiger partial charge in [-0.3, -0.25) is 0 Å². The molecule has 0 aromatic heterocycles. The monoisotopic (exact) mass is 312 g/mol. The molecular weight excluding hydrogens is 298 g/mol. The van der Waals surface area contributed by atoms with E-state index in [2.05, 4.69) is 50.3 Å². The second-order valence-corrected chi connectivity index (χ2v) is 16.3. The molecule has 0 aliphatic rings. The van der Waals surface area contributed by atoms with Crippen LogP contribution in [0.5, 0.6) is 0 Å². The SMILES string of the molecule is C[P+](C)(C)[Se]c1ccccc1.[Br-]. The Bertz CT molecular complexity index is 218. The van der Waals surface area contributed by atoms with Gasteiger partial charge in [-0.25, -0.2) is 0 Å². The summed E-state index contributed by atoms with van der Waals surface area (Å²) < 4.78 is 1.54. The zero-order valence-electron chi connectivity index (χ0n) is 7.62. The Hall–Kier alpha value is 0.649. The van der Waals surface area contributed by atoms with E-state index in [0.717, 1.165) is 0 Å². The first-order valence-electron chi connectivity index (χ1n) is 3.64. The molecule has 0 saturated heterocycles. The van der Waals surface area contributed by atoms with Gasteiger partial charge in [0.15, 0.2) is 0 Å². The van der Waals surface area contributed by atoms with Crippen LogP contribution in [0.1, 0.15) is 0 Å². The molecule has 3 heteroatoms. The van der Waals surface area contributed by atoms with E-state index >= 15 is 0 Å². The Morgan fingerprint density at radius 2 is 1.50 bits per heavy atom. The van der Waals surface area contributed by atoms with Gasteiger partial charge in [0.1, 0.15) is 0 Å². The Kier molecular flexibility index (Phi) is 5.69. The van der Waals surface area contributed by atoms with Gasteiger partial charge in [-0.05, 0) is 0 Å². The summed E-state index contributed by atoms with van der Waals surface area (Å²) in [7, 11) is 0. The van der Waals surface area contributed by atoms with Crippen LogP contribution in [0.15, 0.2) is 30.3 Å². The van der Waals surface area contributed by atoms with Crippen LogP contribution in [0.3, 0.4) is 0 Å². The fraction of sp³-hybridized carbons (Fsp3) is 0.333. The molecule has 0 radical (unpaired) electrons. The van der Waals surface area contributed by atoms with Crippen LogP contribution in [-0.4, -0.2) is 34.5 Å². The summed E-state index contributed by atoms with van der Waals surface area (Å²) in [6, 6.07) is 10.8. The topological polar surface area (TPSA) is 0 Å². The maximum absolute atomic E-state index is 2.40. The zero-order valence-corrected chi connectivity index (χ0v) is 11.8. The van der Waals surface area contributed by atoms with Crippen molar-refractivity contribution >= 4 is 24.9 Å². The largest absolute Gasteiger partial charge is 1.00 e. The second-order valence-electron chi connectivity index (χ2n) is 3.29. The molecule has 68 valence electrons. The Labute approximate surface area is 92.0 Å². The fourth-order valence-corrected chi connectivity index (χ4v) is 6.63. The van der Waals surface area contributed by atoms with E-state index in [-0.39, 0.29) is 17.0 Å². The van der Waals surface area contributed by atoms with E-state index in [0.29, 0.717) is 14.5 Å². The van der Waals surface area contributed by atoms with Crippen LogP contribution in [0.25, 0.3) is 0 Å². The third-order valence-corrected chi connectivity index (χ3v) is 7.23. The summed E-state index contributed by atoms with van der Waals surface area (Å²) in [6.45, 7) is 7.21. The Balaban J connectivity index is 0.00000121. The number of hydrogen-bond donors (Lipinski definition) is 0. The summed E-state index contributed by atoms with van der Waals surface area (Å²) in [5.41, 5.74) is 0. The van der Waals surface area contributed by atoms with Gasteiger partial charge < -0.3 is 17.0 Å². The fourth-order valence-electron chi connectivity index (χ4n) is 0.798. The minimum atomic E-state index is -0.575. The molecule has 0 aliphatic heterocycles. The molecule has 0 spiro atoms. The van der Waals surface area contributed by atoms with Crippen molar-refractivity contribution in [1.82, 2.24) is 0 Å². The normalized spacial score (nSPS) is 10.6. The van der Waals surface area contributed by atoms with Gasteiger partial charge in [0, 0.05) is 0 Å². The molecule has 0 heterocycles. The van der Waals surface area contributed by atoms with Crippen molar-refractivity contribution in [2.24, 2.45) is 0 Å². The quantitative estimate of drug-likeness (QED) is 0.478. The molecule has 12 heavy (non-hydrogen) atoms. The van der Waals surface area contributed by atoms with Crippen molar-refractivity contribution in [3.8, 4) is 0 Å². The predicted molar refractivity (Wildman–Crippen MR) is 56.5 cm³/mol. The van der Waals surface area contributed by atoms with Gasteiger partial charge in [-0.2, -0.15) is 0 Å². The number of halogens is 1. The van der Waals surface area contributed by atoms with E-state index in [1.165, 1.54) is 0 Å². The van der Waals surface area contributed by atoms with Crippen LogP contribution < -0.4 is 21.4 Å². The summed E-state index contributed by atoms with van der Waals surface area (Å²) in [5, 5.41) is 0. The summed E-state index contributed by atoms with van der Waals surface area (Å²) in [5.74, 6) is -0.575.